The van der Waals surface area contributed by atoms with Crippen molar-refractivity contribution >= 4 is 11.9 Å². The maximum atomic E-state index is 13.6. The van der Waals surface area contributed by atoms with Crippen molar-refractivity contribution in [2.75, 3.05) is 0 Å². The number of halogens is 1. The van der Waals surface area contributed by atoms with Crippen LogP contribution in [0.5, 0.6) is 0 Å². The third-order valence-corrected chi connectivity index (χ3v) is 3.38. The minimum atomic E-state index is -0.938. The Morgan fingerprint density at radius 2 is 1.96 bits per heavy atom. The van der Waals surface area contributed by atoms with E-state index in [2.05, 4.69) is 10.3 Å². The first-order chi connectivity index (χ1) is 11.1. The van der Waals surface area contributed by atoms with Gasteiger partial charge in [-0.2, -0.15) is 0 Å². The van der Waals surface area contributed by atoms with Gasteiger partial charge in [-0.15, -0.1) is 0 Å². The number of rotatable bonds is 7. The topological polar surface area (TPSA) is 79.3 Å². The van der Waals surface area contributed by atoms with Crippen molar-refractivity contribution in [2.45, 2.75) is 25.3 Å². The summed E-state index contributed by atoms with van der Waals surface area (Å²) in [5.41, 5.74) is 0.867. The van der Waals surface area contributed by atoms with E-state index in [0.717, 1.165) is 11.8 Å². The summed E-state index contributed by atoms with van der Waals surface area (Å²) in [5, 5.41) is 11.6. The summed E-state index contributed by atoms with van der Waals surface area (Å²) in [7, 11) is 0. The lowest BCUT2D eigenvalue weighted by molar-refractivity contribution is -0.137. The predicted molar refractivity (Wildman–Crippen MR) is 82.5 cm³/mol. The van der Waals surface area contributed by atoms with Gasteiger partial charge in [-0.25, -0.2) is 4.39 Å². The van der Waals surface area contributed by atoms with Gasteiger partial charge in [-0.1, -0.05) is 30.3 Å². The molecule has 1 aromatic heterocycles. The van der Waals surface area contributed by atoms with Gasteiger partial charge in [-0.3, -0.25) is 14.6 Å². The predicted octanol–water partition coefficient (Wildman–Crippen LogP) is 2.43. The monoisotopic (exact) mass is 316 g/mol. The number of nitrogens with zero attached hydrogens (tertiary/aromatic N) is 1. The van der Waals surface area contributed by atoms with Gasteiger partial charge in [0.05, 0.1) is 11.8 Å². The van der Waals surface area contributed by atoms with Crippen molar-refractivity contribution in [3.05, 3.63) is 65.7 Å². The molecule has 5 nitrogen and oxygen atoms in total. The Hall–Kier alpha value is -2.76. The average molecular weight is 316 g/mol. The van der Waals surface area contributed by atoms with Crippen LogP contribution >= 0.6 is 0 Å². The SMILES string of the molecule is O=C(O)CCC(Cc1ccccc1)NC(=O)c1ccncc1F. The molecular formula is C17H17FN2O3. The van der Waals surface area contributed by atoms with Crippen LogP contribution in [0.4, 0.5) is 4.39 Å². The van der Waals surface area contributed by atoms with Crippen LogP contribution in [0, 0.1) is 5.82 Å². The molecule has 0 aliphatic carbocycles. The highest BCUT2D eigenvalue weighted by Gasteiger charge is 2.18. The van der Waals surface area contributed by atoms with Gasteiger partial charge in [0.1, 0.15) is 0 Å². The molecule has 6 heteroatoms. The standard InChI is InChI=1S/C17H17FN2O3/c18-15-11-19-9-8-14(15)17(23)20-13(6-7-16(21)22)10-12-4-2-1-3-5-12/h1-5,8-9,11,13H,6-7,10H2,(H,20,23)(H,21,22). The molecule has 1 unspecified atom stereocenters. The maximum Gasteiger partial charge on any atom is 0.303 e. The lowest BCUT2D eigenvalue weighted by Crippen LogP contribution is -2.37. The van der Waals surface area contributed by atoms with Gasteiger partial charge < -0.3 is 10.4 Å². The highest BCUT2D eigenvalue weighted by molar-refractivity contribution is 5.94. The number of nitrogens with one attached hydrogen (secondary N) is 1. The molecule has 1 heterocycles. The van der Waals surface area contributed by atoms with Crippen LogP contribution in [-0.2, 0) is 11.2 Å². The third-order valence-electron chi connectivity index (χ3n) is 3.38. The van der Waals surface area contributed by atoms with E-state index in [4.69, 9.17) is 5.11 Å². The Morgan fingerprint density at radius 1 is 1.22 bits per heavy atom. The van der Waals surface area contributed by atoms with Gasteiger partial charge in [0.2, 0.25) is 0 Å². The molecule has 1 atom stereocenters. The number of hydrogen-bond donors (Lipinski definition) is 2. The molecule has 0 spiro atoms. The van der Waals surface area contributed by atoms with Crippen LogP contribution in [-0.4, -0.2) is 28.0 Å². The quantitative estimate of drug-likeness (QED) is 0.822. The molecular weight excluding hydrogens is 299 g/mol. The zero-order chi connectivity index (χ0) is 16.7. The lowest BCUT2D eigenvalue weighted by atomic mass is 10.0. The average Bonchev–Trinajstić information content (AvgIpc) is 2.54. The van der Waals surface area contributed by atoms with Crippen LogP contribution in [0.15, 0.2) is 48.8 Å². The molecule has 2 N–H and O–H groups in total. The Morgan fingerprint density at radius 3 is 2.61 bits per heavy atom. The molecule has 23 heavy (non-hydrogen) atoms. The summed E-state index contributed by atoms with van der Waals surface area (Å²) >= 11 is 0. The normalized spacial score (nSPS) is 11.7. The van der Waals surface area contributed by atoms with Gasteiger partial charge in [0, 0.05) is 18.7 Å². The molecule has 2 rings (SSSR count). The van der Waals surface area contributed by atoms with Crippen LogP contribution in [0.25, 0.3) is 0 Å². The molecule has 0 aliphatic heterocycles. The molecule has 1 amide bonds. The second-order valence-electron chi connectivity index (χ2n) is 5.15. The number of benzene rings is 1. The highest BCUT2D eigenvalue weighted by atomic mass is 19.1. The van der Waals surface area contributed by atoms with E-state index in [1.165, 1.54) is 12.3 Å². The van der Waals surface area contributed by atoms with Crippen molar-refractivity contribution < 1.29 is 19.1 Å². The number of carboxylic acids is 1. The molecule has 0 saturated carbocycles. The zero-order valence-corrected chi connectivity index (χ0v) is 12.4. The highest BCUT2D eigenvalue weighted by Crippen LogP contribution is 2.10. The first kappa shape index (κ1) is 16.6. The second kappa shape index (κ2) is 8.03. The molecule has 120 valence electrons. The molecule has 0 aliphatic rings. The second-order valence-corrected chi connectivity index (χ2v) is 5.15. The van der Waals surface area contributed by atoms with Gasteiger partial charge in [-0.05, 0) is 24.5 Å². The molecule has 0 bridgehead atoms. The fourth-order valence-corrected chi connectivity index (χ4v) is 2.24. The number of carbonyl (C=O) groups excluding carboxylic acids is 1. The largest absolute Gasteiger partial charge is 0.481 e. The van der Waals surface area contributed by atoms with Crippen molar-refractivity contribution in [1.82, 2.24) is 10.3 Å². The minimum absolute atomic E-state index is 0.0728. The van der Waals surface area contributed by atoms with E-state index < -0.39 is 23.7 Å². The van der Waals surface area contributed by atoms with Gasteiger partial charge in [0.25, 0.3) is 5.91 Å². The molecule has 0 saturated heterocycles. The van der Waals surface area contributed by atoms with Gasteiger partial charge >= 0.3 is 5.97 Å². The molecule has 0 fully saturated rings. The first-order valence-electron chi connectivity index (χ1n) is 7.22. The summed E-state index contributed by atoms with van der Waals surface area (Å²) in [4.78, 5) is 26.6. The zero-order valence-electron chi connectivity index (χ0n) is 12.4. The summed E-state index contributed by atoms with van der Waals surface area (Å²) in [6.07, 6.45) is 2.98. The number of carbonyl (C=O) groups is 2. The van der Waals surface area contributed by atoms with E-state index in [1.807, 2.05) is 30.3 Å². The van der Waals surface area contributed by atoms with E-state index >= 15 is 0 Å². The Balaban J connectivity index is 2.08. The maximum absolute atomic E-state index is 13.6. The number of aliphatic carboxylic acids is 1. The fraction of sp³-hybridized carbons (Fsp3) is 0.235. The van der Waals surface area contributed by atoms with E-state index in [-0.39, 0.29) is 18.4 Å². The smallest absolute Gasteiger partial charge is 0.303 e. The van der Waals surface area contributed by atoms with Crippen LogP contribution in [0.1, 0.15) is 28.8 Å². The van der Waals surface area contributed by atoms with Gasteiger partial charge in [0.15, 0.2) is 5.82 Å². The van der Waals surface area contributed by atoms with Crippen LogP contribution < -0.4 is 5.32 Å². The number of pyridine rings is 1. The first-order valence-corrected chi connectivity index (χ1v) is 7.22. The summed E-state index contributed by atoms with van der Waals surface area (Å²) < 4.78 is 13.6. The summed E-state index contributed by atoms with van der Waals surface area (Å²) in [6, 6.07) is 10.3. The van der Waals surface area contributed by atoms with E-state index in [0.29, 0.717) is 6.42 Å². The fourth-order valence-electron chi connectivity index (χ4n) is 2.24. The van der Waals surface area contributed by atoms with Crippen molar-refractivity contribution in [1.29, 1.82) is 0 Å². The summed E-state index contributed by atoms with van der Waals surface area (Å²) in [6.45, 7) is 0. The van der Waals surface area contributed by atoms with E-state index in [9.17, 15) is 14.0 Å². The number of amides is 1. The Kier molecular flexibility index (Phi) is 5.80. The van der Waals surface area contributed by atoms with Crippen molar-refractivity contribution in [3.63, 3.8) is 0 Å². The number of aromatic nitrogens is 1. The molecule has 0 radical (unpaired) electrons. The molecule has 1 aromatic carbocycles. The number of hydrogen-bond acceptors (Lipinski definition) is 3. The summed E-state index contributed by atoms with van der Waals surface area (Å²) in [5.74, 6) is -2.22. The Labute approximate surface area is 133 Å². The third kappa shape index (κ3) is 5.18. The minimum Gasteiger partial charge on any atom is -0.481 e. The van der Waals surface area contributed by atoms with E-state index in [1.54, 1.807) is 0 Å². The van der Waals surface area contributed by atoms with Crippen molar-refractivity contribution in [3.8, 4) is 0 Å². The van der Waals surface area contributed by atoms with Crippen molar-refractivity contribution in [2.24, 2.45) is 0 Å². The van der Waals surface area contributed by atoms with Crippen LogP contribution in [0.3, 0.4) is 0 Å². The molecule has 2 aromatic rings. The lowest BCUT2D eigenvalue weighted by Gasteiger charge is -2.18. The number of carboxylic acid groups (broad SMARTS) is 1. The Bertz CT molecular complexity index is 677. The van der Waals surface area contributed by atoms with Crippen LogP contribution in [0.2, 0.25) is 0 Å².